The van der Waals surface area contributed by atoms with Crippen LogP contribution in [-0.2, 0) is 6.42 Å². The fourth-order valence-corrected chi connectivity index (χ4v) is 4.33. The van der Waals surface area contributed by atoms with Gasteiger partial charge in [0.25, 0.3) is 0 Å². The molecule has 5 heteroatoms. The zero-order valence-corrected chi connectivity index (χ0v) is 14.9. The molecule has 0 radical (unpaired) electrons. The first kappa shape index (κ1) is 14.2. The van der Waals surface area contributed by atoms with Crippen LogP contribution < -0.4 is 9.75 Å². The van der Waals surface area contributed by atoms with E-state index in [1.54, 1.807) is 0 Å². The topological polar surface area (TPSA) is 47.2 Å². The van der Waals surface area contributed by atoms with E-state index in [-0.39, 0.29) is 0 Å². The summed E-state index contributed by atoms with van der Waals surface area (Å²) in [7, 11) is 0. The summed E-state index contributed by atoms with van der Waals surface area (Å²) >= 11 is 0. The molecule has 0 N–H and O–H groups in total. The second-order valence-corrected chi connectivity index (χ2v) is 7.22. The number of benzene rings is 1. The first-order valence-corrected chi connectivity index (χ1v) is 9.37. The van der Waals surface area contributed by atoms with Crippen LogP contribution in [0, 0.1) is 0 Å². The second kappa shape index (κ2) is 4.89. The summed E-state index contributed by atoms with van der Waals surface area (Å²) in [5, 5.41) is 3.25. The second-order valence-electron chi connectivity index (χ2n) is 7.22. The first-order chi connectivity index (χ1) is 13.9. The lowest BCUT2D eigenvalue weighted by atomic mass is 10.2. The Morgan fingerprint density at radius 2 is 1.82 bits per heavy atom. The molecule has 6 aromatic rings. The fraction of sp³-hybridized carbons (Fsp3) is 0.0435. The molecule has 28 heavy (non-hydrogen) atoms. The van der Waals surface area contributed by atoms with E-state index in [1.807, 2.05) is 18.2 Å². The van der Waals surface area contributed by atoms with E-state index in [0.29, 0.717) is 0 Å². The lowest BCUT2D eigenvalue weighted by molar-refractivity contribution is -0.524. The van der Waals surface area contributed by atoms with E-state index in [1.165, 1.54) is 0 Å². The zero-order valence-electron chi connectivity index (χ0n) is 14.9. The molecule has 130 valence electrons. The minimum Gasteiger partial charge on any atom is -0.299 e. The Labute approximate surface area is 158 Å². The van der Waals surface area contributed by atoms with Crippen LogP contribution >= 0.6 is 0 Å². The van der Waals surface area contributed by atoms with Crippen LogP contribution in [0.1, 0.15) is 5.69 Å². The van der Waals surface area contributed by atoms with Gasteiger partial charge in [0.05, 0.1) is 33.6 Å². The number of pyridine rings is 3. The van der Waals surface area contributed by atoms with Gasteiger partial charge in [0.2, 0.25) is 5.69 Å². The summed E-state index contributed by atoms with van der Waals surface area (Å²) in [6.07, 6.45) is 11.4. The van der Waals surface area contributed by atoms with Crippen LogP contribution in [0.3, 0.4) is 0 Å². The van der Waals surface area contributed by atoms with Crippen molar-refractivity contribution in [2.24, 2.45) is 0 Å². The number of para-hydroxylation sites is 2. The molecular weight excluding hydrogens is 346 g/mol. The fourth-order valence-electron chi connectivity index (χ4n) is 4.33. The van der Waals surface area contributed by atoms with E-state index in [4.69, 9.17) is 15.0 Å². The molecule has 0 saturated heterocycles. The molecule has 5 nitrogen and oxygen atoms in total. The van der Waals surface area contributed by atoms with Crippen molar-refractivity contribution in [2.75, 3.05) is 0 Å². The van der Waals surface area contributed by atoms with Crippen LogP contribution in [-0.4, -0.2) is 19.4 Å². The Balaban J connectivity index is 1.68. The van der Waals surface area contributed by atoms with Gasteiger partial charge < -0.3 is 0 Å². The van der Waals surface area contributed by atoms with Gasteiger partial charge in [-0.05, 0) is 35.3 Å². The SMILES string of the molecule is C1=CCc2nc3c4cc5c(ccn6c7ccccc7nc56)nc4cc[n+]3c2=C1. The summed E-state index contributed by atoms with van der Waals surface area (Å²) in [4.78, 5) is 14.7. The third-order valence-corrected chi connectivity index (χ3v) is 5.65. The minimum absolute atomic E-state index is 0.867. The van der Waals surface area contributed by atoms with Crippen molar-refractivity contribution in [1.29, 1.82) is 0 Å². The molecular formula is C23H14N5+. The van der Waals surface area contributed by atoms with E-state index < -0.39 is 0 Å². The van der Waals surface area contributed by atoms with Gasteiger partial charge in [0, 0.05) is 24.1 Å². The summed E-state index contributed by atoms with van der Waals surface area (Å²) < 4.78 is 4.30. The molecule has 0 spiro atoms. The summed E-state index contributed by atoms with van der Waals surface area (Å²) in [6, 6.07) is 14.5. The van der Waals surface area contributed by atoms with Gasteiger partial charge >= 0.3 is 5.65 Å². The zero-order chi connectivity index (χ0) is 18.2. The predicted octanol–water partition coefficient (Wildman–Crippen LogP) is 2.93. The third kappa shape index (κ3) is 1.71. The Morgan fingerprint density at radius 1 is 0.893 bits per heavy atom. The lowest BCUT2D eigenvalue weighted by Crippen LogP contribution is -2.38. The molecule has 0 saturated carbocycles. The molecule has 0 unspecified atom stereocenters. The van der Waals surface area contributed by atoms with Gasteiger partial charge in [-0.1, -0.05) is 24.3 Å². The number of allylic oxidation sites excluding steroid dienone is 2. The summed E-state index contributed by atoms with van der Waals surface area (Å²) in [5.41, 5.74) is 6.99. The van der Waals surface area contributed by atoms with Crippen LogP contribution in [0.25, 0.3) is 50.2 Å². The standard InChI is InChI=1S/C23H14N5/c1-3-7-20-18(5-1)25-22-14-13-15-17(24-16(14)9-11-27(20)22)10-12-28-21-8-4-2-6-19(21)26-23(15)28/h1-5,7-13H,6H2/q+1. The molecule has 1 aromatic carbocycles. The molecule has 5 aromatic heterocycles. The quantitative estimate of drug-likeness (QED) is 0.309. The number of nitrogens with zero attached hydrogens (tertiary/aromatic N) is 5. The molecule has 5 heterocycles. The number of aromatic nitrogens is 5. The molecule has 1 aliphatic rings. The smallest absolute Gasteiger partial charge is 0.299 e. The Morgan fingerprint density at radius 3 is 2.82 bits per heavy atom. The van der Waals surface area contributed by atoms with Crippen molar-refractivity contribution in [3.8, 4) is 0 Å². The normalized spacial score (nSPS) is 13.7. The lowest BCUT2D eigenvalue weighted by Gasteiger charge is -2.03. The number of hydrogen-bond donors (Lipinski definition) is 0. The van der Waals surface area contributed by atoms with E-state index in [9.17, 15) is 0 Å². The molecule has 0 atom stereocenters. The van der Waals surface area contributed by atoms with Gasteiger partial charge in [-0.15, -0.1) is 0 Å². The summed E-state index contributed by atoms with van der Waals surface area (Å²) in [6.45, 7) is 0. The highest BCUT2D eigenvalue weighted by molar-refractivity contribution is 6.04. The van der Waals surface area contributed by atoms with Crippen LogP contribution in [0.15, 0.2) is 67.0 Å². The van der Waals surface area contributed by atoms with Crippen molar-refractivity contribution in [2.45, 2.75) is 6.42 Å². The highest BCUT2D eigenvalue weighted by Crippen LogP contribution is 2.26. The van der Waals surface area contributed by atoms with E-state index >= 15 is 0 Å². The largest absolute Gasteiger partial charge is 0.338 e. The van der Waals surface area contributed by atoms with Crippen molar-refractivity contribution in [3.63, 3.8) is 0 Å². The van der Waals surface area contributed by atoms with Crippen molar-refractivity contribution in [3.05, 3.63) is 78.1 Å². The highest BCUT2D eigenvalue weighted by atomic mass is 15.0. The Bertz CT molecular complexity index is 1690. The van der Waals surface area contributed by atoms with Gasteiger partial charge in [-0.25, -0.2) is 9.97 Å². The van der Waals surface area contributed by atoms with E-state index in [2.05, 4.69) is 63.7 Å². The number of hydrogen-bond acceptors (Lipinski definition) is 3. The maximum atomic E-state index is 4.92. The van der Waals surface area contributed by atoms with Crippen molar-refractivity contribution < 1.29 is 4.40 Å². The van der Waals surface area contributed by atoms with Crippen molar-refractivity contribution >= 4 is 50.2 Å². The van der Waals surface area contributed by atoms with Gasteiger partial charge in [0.1, 0.15) is 5.65 Å². The highest BCUT2D eigenvalue weighted by Gasteiger charge is 2.21. The monoisotopic (exact) mass is 360 g/mol. The average molecular weight is 360 g/mol. The Hall–Kier alpha value is -3.86. The van der Waals surface area contributed by atoms with Crippen LogP contribution in [0.5, 0.6) is 0 Å². The third-order valence-electron chi connectivity index (χ3n) is 5.65. The maximum Gasteiger partial charge on any atom is 0.338 e. The number of fused-ring (bicyclic) bond motifs is 10. The minimum atomic E-state index is 0.867. The molecule has 0 amide bonds. The number of rotatable bonds is 0. The number of imidazole rings is 2. The summed E-state index contributed by atoms with van der Waals surface area (Å²) in [5.74, 6) is 0. The predicted molar refractivity (Wildman–Crippen MR) is 109 cm³/mol. The first-order valence-electron chi connectivity index (χ1n) is 9.37. The molecule has 0 bridgehead atoms. The van der Waals surface area contributed by atoms with Crippen molar-refractivity contribution in [1.82, 2.24) is 19.4 Å². The van der Waals surface area contributed by atoms with Crippen LogP contribution in [0.2, 0.25) is 0 Å². The molecule has 0 aliphatic heterocycles. The average Bonchev–Trinajstić information content (AvgIpc) is 3.31. The van der Waals surface area contributed by atoms with E-state index in [0.717, 1.165) is 61.6 Å². The maximum absolute atomic E-state index is 4.92. The molecule has 1 aliphatic carbocycles. The molecule has 7 rings (SSSR count). The van der Waals surface area contributed by atoms with Gasteiger partial charge in [-0.3, -0.25) is 4.40 Å². The van der Waals surface area contributed by atoms with Gasteiger partial charge in [-0.2, -0.15) is 4.40 Å². The van der Waals surface area contributed by atoms with Crippen LogP contribution in [0.4, 0.5) is 0 Å². The Kier molecular flexibility index (Phi) is 2.49. The van der Waals surface area contributed by atoms with Gasteiger partial charge in [0.15, 0.2) is 5.35 Å². The molecule has 0 fully saturated rings.